The number of hydrogen-bond donors (Lipinski definition) is 1. The molecule has 0 saturated carbocycles. The number of nitrogens with one attached hydrogen (secondary N) is 1. The predicted molar refractivity (Wildman–Crippen MR) is 60.6 cm³/mol. The van der Waals surface area contributed by atoms with Crippen molar-refractivity contribution in [3.8, 4) is 0 Å². The molecule has 2 nitrogen and oxygen atoms in total. The zero-order chi connectivity index (χ0) is 12.3. The molecular formula is C12H13F2NO. The van der Waals surface area contributed by atoms with Crippen LogP contribution in [0.5, 0.6) is 0 Å². The van der Waals surface area contributed by atoms with E-state index in [1.54, 1.807) is 6.92 Å². The summed E-state index contributed by atoms with van der Waals surface area (Å²) in [6, 6.07) is 1.89. The van der Waals surface area contributed by atoms with Crippen molar-refractivity contribution >= 4 is 10.9 Å². The molecule has 0 aliphatic heterocycles. The van der Waals surface area contributed by atoms with Crippen LogP contribution in [-0.4, -0.2) is 4.98 Å². The lowest BCUT2D eigenvalue weighted by atomic mass is 10.1. The summed E-state index contributed by atoms with van der Waals surface area (Å²) in [6.07, 6.45) is 1.47. The monoisotopic (exact) mass is 225 g/mol. The van der Waals surface area contributed by atoms with Crippen LogP contribution < -0.4 is 5.43 Å². The average Bonchev–Trinajstić information content (AvgIpc) is 2.30. The third-order valence-electron chi connectivity index (χ3n) is 2.11. The highest BCUT2D eigenvalue weighted by Crippen LogP contribution is 2.13. The number of hydrogen-bond acceptors (Lipinski definition) is 1. The molecule has 0 fully saturated rings. The third-order valence-corrected chi connectivity index (χ3v) is 2.11. The van der Waals surface area contributed by atoms with Crippen LogP contribution in [0.25, 0.3) is 10.9 Å². The van der Waals surface area contributed by atoms with Gasteiger partial charge in [-0.05, 0) is 13.0 Å². The zero-order valence-electron chi connectivity index (χ0n) is 9.40. The highest BCUT2D eigenvalue weighted by molar-refractivity contribution is 5.78. The number of rotatable bonds is 0. The molecule has 1 aromatic carbocycles. The Labute approximate surface area is 91.9 Å². The Morgan fingerprint density at radius 1 is 1.12 bits per heavy atom. The Kier molecular flexibility index (Phi) is 3.77. The van der Waals surface area contributed by atoms with Gasteiger partial charge in [0.15, 0.2) is 17.1 Å². The molecule has 16 heavy (non-hydrogen) atoms. The minimum Gasteiger partial charge on any atom is -0.361 e. The molecule has 86 valence electrons. The van der Waals surface area contributed by atoms with Crippen LogP contribution in [-0.2, 0) is 0 Å². The van der Waals surface area contributed by atoms with E-state index in [0.717, 1.165) is 12.1 Å². The molecular weight excluding hydrogens is 212 g/mol. The van der Waals surface area contributed by atoms with Gasteiger partial charge in [0.05, 0.1) is 5.52 Å². The summed E-state index contributed by atoms with van der Waals surface area (Å²) in [6.45, 7) is 5.61. The Hall–Kier alpha value is -1.71. The van der Waals surface area contributed by atoms with Crippen LogP contribution in [0.4, 0.5) is 8.78 Å². The third kappa shape index (κ3) is 2.10. The molecule has 2 aromatic rings. The number of pyridine rings is 1. The van der Waals surface area contributed by atoms with Gasteiger partial charge in [-0.15, -0.1) is 0 Å². The fourth-order valence-electron chi connectivity index (χ4n) is 1.32. The lowest BCUT2D eigenvalue weighted by Crippen LogP contribution is -2.07. The van der Waals surface area contributed by atoms with E-state index in [1.807, 2.05) is 13.8 Å². The lowest BCUT2D eigenvalue weighted by Gasteiger charge is -2.00. The molecule has 0 saturated heterocycles. The van der Waals surface area contributed by atoms with Crippen LogP contribution in [0.15, 0.2) is 23.1 Å². The SMILES string of the molecule is CC.Cc1c[nH]c2cc(F)c(F)cc2c1=O. The second-order valence-corrected chi connectivity index (χ2v) is 3.11. The van der Waals surface area contributed by atoms with Gasteiger partial charge in [-0.25, -0.2) is 8.78 Å². The summed E-state index contributed by atoms with van der Waals surface area (Å²) in [5, 5.41) is 0.170. The first-order chi connectivity index (χ1) is 7.59. The number of aromatic amines is 1. The molecule has 0 aliphatic carbocycles. The van der Waals surface area contributed by atoms with Gasteiger partial charge in [0.25, 0.3) is 0 Å². The second kappa shape index (κ2) is 4.88. The molecule has 1 aromatic heterocycles. The number of aromatic nitrogens is 1. The molecule has 4 heteroatoms. The van der Waals surface area contributed by atoms with Crippen molar-refractivity contribution in [2.75, 3.05) is 0 Å². The summed E-state index contributed by atoms with van der Waals surface area (Å²) in [5.41, 5.74) is 0.501. The standard InChI is InChI=1S/C10H7F2NO.C2H6/c1-5-4-13-9-3-8(12)7(11)2-6(9)10(5)14;1-2/h2-4H,1H3,(H,13,14);1-2H3. The largest absolute Gasteiger partial charge is 0.361 e. The normalized spacial score (nSPS) is 9.81. The highest BCUT2D eigenvalue weighted by atomic mass is 19.2. The van der Waals surface area contributed by atoms with Gasteiger partial charge in [0.2, 0.25) is 0 Å². The fourth-order valence-corrected chi connectivity index (χ4v) is 1.32. The number of H-pyrrole nitrogens is 1. The molecule has 0 radical (unpaired) electrons. The first-order valence-electron chi connectivity index (χ1n) is 5.06. The maximum Gasteiger partial charge on any atom is 0.192 e. The van der Waals surface area contributed by atoms with Gasteiger partial charge in [-0.3, -0.25) is 4.79 Å². The highest BCUT2D eigenvalue weighted by Gasteiger charge is 2.07. The molecule has 1 heterocycles. The topological polar surface area (TPSA) is 32.9 Å². The second-order valence-electron chi connectivity index (χ2n) is 3.11. The van der Waals surface area contributed by atoms with Gasteiger partial charge in [0.1, 0.15) is 0 Å². The minimum atomic E-state index is -1.01. The Bertz CT molecular complexity index is 561. The predicted octanol–water partition coefficient (Wildman–Crippen LogP) is 3.14. The van der Waals surface area contributed by atoms with Crippen LogP contribution in [0, 0.1) is 18.6 Å². The van der Waals surface area contributed by atoms with Crippen LogP contribution >= 0.6 is 0 Å². The van der Waals surface area contributed by atoms with Gasteiger partial charge >= 0.3 is 0 Å². The van der Waals surface area contributed by atoms with Crippen molar-refractivity contribution in [1.82, 2.24) is 4.98 Å². The number of fused-ring (bicyclic) bond motifs is 1. The van der Waals surface area contributed by atoms with E-state index in [-0.39, 0.29) is 10.8 Å². The van der Waals surface area contributed by atoms with E-state index in [9.17, 15) is 13.6 Å². The summed E-state index contributed by atoms with van der Waals surface area (Å²) >= 11 is 0. The maximum atomic E-state index is 12.8. The van der Waals surface area contributed by atoms with Crippen molar-refractivity contribution in [3.63, 3.8) is 0 Å². The smallest absolute Gasteiger partial charge is 0.192 e. The van der Waals surface area contributed by atoms with E-state index < -0.39 is 11.6 Å². The van der Waals surface area contributed by atoms with Crippen molar-refractivity contribution in [3.05, 3.63) is 45.8 Å². The van der Waals surface area contributed by atoms with Gasteiger partial charge in [-0.1, -0.05) is 13.8 Å². The van der Waals surface area contributed by atoms with E-state index in [0.29, 0.717) is 11.1 Å². The van der Waals surface area contributed by atoms with Crippen LogP contribution in [0.2, 0.25) is 0 Å². The number of aryl methyl sites for hydroxylation is 1. The Balaban J connectivity index is 0.000000606. The van der Waals surface area contributed by atoms with E-state index >= 15 is 0 Å². The quantitative estimate of drug-likeness (QED) is 0.734. The van der Waals surface area contributed by atoms with E-state index in [2.05, 4.69) is 4.98 Å². The summed E-state index contributed by atoms with van der Waals surface area (Å²) < 4.78 is 25.6. The Morgan fingerprint density at radius 3 is 2.31 bits per heavy atom. The first kappa shape index (κ1) is 12.4. The van der Waals surface area contributed by atoms with Crippen molar-refractivity contribution < 1.29 is 8.78 Å². The molecule has 0 spiro atoms. The lowest BCUT2D eigenvalue weighted by molar-refractivity contribution is 0.510. The molecule has 2 rings (SSSR count). The summed E-state index contributed by atoms with van der Waals surface area (Å²) in [7, 11) is 0. The average molecular weight is 225 g/mol. The molecule has 1 N–H and O–H groups in total. The van der Waals surface area contributed by atoms with Gasteiger partial charge < -0.3 is 4.98 Å². The maximum absolute atomic E-state index is 12.8. The fraction of sp³-hybridized carbons (Fsp3) is 0.250. The zero-order valence-corrected chi connectivity index (χ0v) is 9.40. The van der Waals surface area contributed by atoms with Crippen molar-refractivity contribution in [2.24, 2.45) is 0 Å². The minimum absolute atomic E-state index is 0.170. The van der Waals surface area contributed by atoms with Crippen molar-refractivity contribution in [1.29, 1.82) is 0 Å². The number of halogens is 2. The van der Waals surface area contributed by atoms with E-state index in [1.165, 1.54) is 6.20 Å². The molecule has 0 atom stereocenters. The summed E-state index contributed by atoms with van der Waals surface area (Å²) in [5.74, 6) is -1.97. The first-order valence-corrected chi connectivity index (χ1v) is 5.06. The molecule has 0 aliphatic rings. The van der Waals surface area contributed by atoms with Gasteiger partial charge in [-0.2, -0.15) is 0 Å². The Morgan fingerprint density at radius 2 is 1.69 bits per heavy atom. The van der Waals surface area contributed by atoms with Crippen molar-refractivity contribution in [2.45, 2.75) is 20.8 Å². The molecule has 0 bridgehead atoms. The van der Waals surface area contributed by atoms with Gasteiger partial charge in [0, 0.05) is 23.2 Å². The molecule has 0 amide bonds. The summed E-state index contributed by atoms with van der Waals surface area (Å²) in [4.78, 5) is 14.2. The van der Waals surface area contributed by atoms with E-state index in [4.69, 9.17) is 0 Å². The van der Waals surface area contributed by atoms with Crippen LogP contribution in [0.1, 0.15) is 19.4 Å². The van der Waals surface area contributed by atoms with Crippen LogP contribution in [0.3, 0.4) is 0 Å². The number of benzene rings is 1. The molecule has 0 unspecified atom stereocenters.